The maximum atomic E-state index is 11.8. The number of carbonyl (C=O) groups excluding carboxylic acids is 1. The highest BCUT2D eigenvalue weighted by atomic mass is 32.1. The van der Waals surface area contributed by atoms with Gasteiger partial charge in [0.05, 0.1) is 6.04 Å². The Morgan fingerprint density at radius 1 is 1.24 bits per heavy atom. The van der Waals surface area contributed by atoms with Crippen LogP contribution in [0.1, 0.15) is 35.6 Å². The fraction of sp³-hybridized carbons (Fsp3) is 0.353. The van der Waals surface area contributed by atoms with Gasteiger partial charge in [-0.1, -0.05) is 6.07 Å². The van der Waals surface area contributed by atoms with Gasteiger partial charge in [-0.2, -0.15) is 0 Å². The van der Waals surface area contributed by atoms with Crippen molar-refractivity contribution < 1.29 is 4.79 Å². The summed E-state index contributed by atoms with van der Waals surface area (Å²) in [4.78, 5) is 14.4. The number of hydrogen-bond donors (Lipinski definition) is 2. The summed E-state index contributed by atoms with van der Waals surface area (Å²) in [5, 5.41) is 6.47. The second kappa shape index (κ2) is 5.90. The van der Waals surface area contributed by atoms with Gasteiger partial charge in [0.25, 0.3) is 0 Å². The summed E-state index contributed by atoms with van der Waals surface area (Å²) in [5.74, 6) is 0.378. The van der Waals surface area contributed by atoms with Crippen molar-refractivity contribution in [3.63, 3.8) is 0 Å². The third kappa shape index (κ3) is 3.64. The fourth-order valence-corrected chi connectivity index (χ4v) is 3.16. The summed E-state index contributed by atoms with van der Waals surface area (Å²) in [7, 11) is 0. The summed E-state index contributed by atoms with van der Waals surface area (Å²) >= 11 is 1.81. The second-order valence-electron chi connectivity index (χ2n) is 5.66. The summed E-state index contributed by atoms with van der Waals surface area (Å²) < 4.78 is 0. The Labute approximate surface area is 129 Å². The van der Waals surface area contributed by atoms with E-state index >= 15 is 0 Å². The van der Waals surface area contributed by atoms with Crippen LogP contribution in [-0.4, -0.2) is 5.91 Å². The lowest BCUT2D eigenvalue weighted by molar-refractivity contribution is -0.117. The third-order valence-electron chi connectivity index (χ3n) is 3.65. The number of aryl methyl sites for hydroxylation is 1. The van der Waals surface area contributed by atoms with Gasteiger partial charge in [-0.15, -0.1) is 11.3 Å². The van der Waals surface area contributed by atoms with Crippen LogP contribution in [0.2, 0.25) is 0 Å². The van der Waals surface area contributed by atoms with E-state index in [0.717, 1.165) is 24.2 Å². The van der Waals surface area contributed by atoms with Crippen LogP contribution in [0, 0.1) is 12.8 Å². The summed E-state index contributed by atoms with van der Waals surface area (Å²) in [6.45, 7) is 4.27. The molecule has 1 aliphatic rings. The van der Waals surface area contributed by atoms with Gasteiger partial charge in [0, 0.05) is 27.0 Å². The predicted octanol–water partition coefficient (Wildman–Crippen LogP) is 4.58. The molecule has 1 heterocycles. The highest BCUT2D eigenvalue weighted by Gasteiger charge is 2.29. The van der Waals surface area contributed by atoms with Crippen molar-refractivity contribution >= 4 is 28.6 Å². The molecular formula is C17H20N2OS. The first-order valence-electron chi connectivity index (χ1n) is 7.35. The average molecular weight is 300 g/mol. The minimum absolute atomic E-state index is 0.147. The smallest absolute Gasteiger partial charge is 0.227 e. The molecule has 1 saturated carbocycles. The van der Waals surface area contributed by atoms with Gasteiger partial charge >= 0.3 is 0 Å². The summed E-state index contributed by atoms with van der Waals surface area (Å²) in [5.41, 5.74) is 1.90. The molecule has 1 aromatic heterocycles. The monoisotopic (exact) mass is 300 g/mol. The molecule has 0 aliphatic heterocycles. The minimum atomic E-state index is 0.147. The molecule has 3 rings (SSSR count). The van der Waals surface area contributed by atoms with E-state index in [9.17, 15) is 4.79 Å². The van der Waals surface area contributed by atoms with Crippen molar-refractivity contribution in [1.29, 1.82) is 0 Å². The molecule has 1 aromatic carbocycles. The van der Waals surface area contributed by atoms with Crippen LogP contribution in [-0.2, 0) is 4.79 Å². The van der Waals surface area contributed by atoms with Gasteiger partial charge < -0.3 is 10.6 Å². The topological polar surface area (TPSA) is 41.1 Å². The molecule has 3 nitrogen and oxygen atoms in total. The largest absolute Gasteiger partial charge is 0.378 e. The van der Waals surface area contributed by atoms with E-state index in [1.54, 1.807) is 0 Å². The zero-order valence-corrected chi connectivity index (χ0v) is 13.2. The van der Waals surface area contributed by atoms with Crippen molar-refractivity contribution in [2.45, 2.75) is 32.7 Å². The van der Waals surface area contributed by atoms with Crippen LogP contribution in [0.25, 0.3) is 0 Å². The SMILES string of the molecule is Cc1ccc(C(C)Nc2cccc(NC(=O)C3CC3)c2)s1. The standard InChI is InChI=1S/C17H20N2OS/c1-11-6-9-16(21-11)12(2)18-14-4-3-5-15(10-14)19-17(20)13-7-8-13/h3-6,9-10,12-13,18H,7-8H2,1-2H3,(H,19,20). The molecular weight excluding hydrogens is 280 g/mol. The van der Waals surface area contributed by atoms with E-state index in [2.05, 4.69) is 36.6 Å². The van der Waals surface area contributed by atoms with E-state index in [1.165, 1.54) is 9.75 Å². The summed E-state index contributed by atoms with van der Waals surface area (Å²) in [6, 6.07) is 12.5. The Balaban J connectivity index is 1.66. The molecule has 21 heavy (non-hydrogen) atoms. The first kappa shape index (κ1) is 14.1. The molecule has 0 bridgehead atoms. The number of anilines is 2. The normalized spacial score (nSPS) is 15.5. The lowest BCUT2D eigenvalue weighted by Gasteiger charge is -2.15. The number of carbonyl (C=O) groups is 1. The van der Waals surface area contributed by atoms with Crippen molar-refractivity contribution in [3.05, 3.63) is 46.2 Å². The Bertz CT molecular complexity index is 646. The van der Waals surface area contributed by atoms with Crippen LogP contribution in [0.4, 0.5) is 11.4 Å². The number of rotatable bonds is 5. The van der Waals surface area contributed by atoms with Crippen LogP contribution >= 0.6 is 11.3 Å². The Hall–Kier alpha value is -1.81. The van der Waals surface area contributed by atoms with Crippen LogP contribution in [0.3, 0.4) is 0 Å². The predicted molar refractivity (Wildman–Crippen MR) is 88.9 cm³/mol. The Morgan fingerprint density at radius 3 is 2.67 bits per heavy atom. The molecule has 1 atom stereocenters. The van der Waals surface area contributed by atoms with Crippen molar-refractivity contribution in [1.82, 2.24) is 0 Å². The number of amides is 1. The van der Waals surface area contributed by atoms with Crippen molar-refractivity contribution in [3.8, 4) is 0 Å². The highest BCUT2D eigenvalue weighted by Crippen LogP contribution is 2.31. The molecule has 2 N–H and O–H groups in total. The van der Waals surface area contributed by atoms with Gasteiger partial charge in [-0.05, 0) is 57.0 Å². The molecule has 1 amide bonds. The van der Waals surface area contributed by atoms with Gasteiger partial charge in [0.2, 0.25) is 5.91 Å². The number of nitrogens with one attached hydrogen (secondary N) is 2. The zero-order valence-electron chi connectivity index (χ0n) is 12.3. The van der Waals surface area contributed by atoms with Crippen molar-refractivity contribution in [2.24, 2.45) is 5.92 Å². The van der Waals surface area contributed by atoms with Gasteiger partial charge in [-0.3, -0.25) is 4.79 Å². The number of hydrogen-bond acceptors (Lipinski definition) is 3. The molecule has 110 valence electrons. The zero-order chi connectivity index (χ0) is 14.8. The van der Waals surface area contributed by atoms with Gasteiger partial charge in [-0.25, -0.2) is 0 Å². The fourth-order valence-electron chi connectivity index (χ4n) is 2.28. The summed E-state index contributed by atoms with van der Waals surface area (Å²) in [6.07, 6.45) is 2.05. The molecule has 1 fully saturated rings. The van der Waals surface area contributed by atoms with Crippen LogP contribution in [0.15, 0.2) is 36.4 Å². The van der Waals surface area contributed by atoms with Crippen LogP contribution in [0.5, 0.6) is 0 Å². The Morgan fingerprint density at radius 2 is 2.00 bits per heavy atom. The molecule has 0 radical (unpaired) electrons. The second-order valence-corrected chi connectivity index (χ2v) is 6.98. The van der Waals surface area contributed by atoms with Crippen molar-refractivity contribution in [2.75, 3.05) is 10.6 Å². The van der Waals surface area contributed by atoms with E-state index in [4.69, 9.17) is 0 Å². The first-order chi connectivity index (χ1) is 10.1. The number of benzene rings is 1. The minimum Gasteiger partial charge on any atom is -0.378 e. The van der Waals surface area contributed by atoms with E-state index < -0.39 is 0 Å². The lowest BCUT2D eigenvalue weighted by Crippen LogP contribution is -2.13. The molecule has 4 heteroatoms. The van der Waals surface area contributed by atoms with Crippen LogP contribution < -0.4 is 10.6 Å². The maximum absolute atomic E-state index is 11.8. The maximum Gasteiger partial charge on any atom is 0.227 e. The van der Waals surface area contributed by atoms with E-state index in [0.29, 0.717) is 0 Å². The van der Waals surface area contributed by atoms with E-state index in [1.807, 2.05) is 35.6 Å². The molecule has 2 aromatic rings. The first-order valence-corrected chi connectivity index (χ1v) is 8.17. The third-order valence-corrected chi connectivity index (χ3v) is 4.83. The quantitative estimate of drug-likeness (QED) is 0.848. The van der Waals surface area contributed by atoms with Gasteiger partial charge in [0.1, 0.15) is 0 Å². The number of thiophene rings is 1. The highest BCUT2D eigenvalue weighted by molar-refractivity contribution is 7.12. The Kier molecular flexibility index (Phi) is 3.97. The average Bonchev–Trinajstić information content (AvgIpc) is 3.21. The molecule has 1 aliphatic carbocycles. The lowest BCUT2D eigenvalue weighted by atomic mass is 10.2. The molecule has 1 unspecified atom stereocenters. The molecule has 0 spiro atoms. The van der Waals surface area contributed by atoms with E-state index in [-0.39, 0.29) is 17.9 Å². The van der Waals surface area contributed by atoms with Gasteiger partial charge in [0.15, 0.2) is 0 Å². The molecule has 0 saturated heterocycles.